The lowest BCUT2D eigenvalue weighted by molar-refractivity contribution is -0.118. The molecule has 0 aliphatic carbocycles. The maximum absolute atomic E-state index is 14.2. The maximum atomic E-state index is 14.2. The van der Waals surface area contributed by atoms with Crippen LogP contribution in [-0.4, -0.2) is 5.91 Å². The molecule has 2 aromatic rings. The zero-order valence-electron chi connectivity index (χ0n) is 12.7. The van der Waals surface area contributed by atoms with Crippen LogP contribution in [0.1, 0.15) is 41.9 Å². The van der Waals surface area contributed by atoms with E-state index in [0.717, 1.165) is 11.1 Å². The molecule has 116 valence electrons. The molecule has 2 aromatic carbocycles. The van der Waals surface area contributed by atoms with Crippen LogP contribution in [0, 0.1) is 12.7 Å². The third-order valence-corrected chi connectivity index (χ3v) is 3.81. The van der Waals surface area contributed by atoms with Crippen LogP contribution in [0.15, 0.2) is 42.5 Å². The SMILES string of the molecule is Cc1ccc(N)c(C(CCCC(N)=O)c2ccccc2F)c1. The quantitative estimate of drug-likeness (QED) is 0.802. The van der Waals surface area contributed by atoms with Gasteiger partial charge in [0.25, 0.3) is 0 Å². The van der Waals surface area contributed by atoms with Crippen LogP contribution in [-0.2, 0) is 4.79 Å². The molecule has 0 aliphatic rings. The topological polar surface area (TPSA) is 69.1 Å². The number of hydrogen-bond acceptors (Lipinski definition) is 2. The number of carbonyl (C=O) groups is 1. The Morgan fingerprint density at radius 3 is 2.59 bits per heavy atom. The smallest absolute Gasteiger partial charge is 0.217 e. The van der Waals surface area contributed by atoms with Gasteiger partial charge in [0, 0.05) is 18.0 Å². The van der Waals surface area contributed by atoms with Gasteiger partial charge in [0.1, 0.15) is 5.82 Å². The minimum absolute atomic E-state index is 0.180. The van der Waals surface area contributed by atoms with Gasteiger partial charge in [-0.3, -0.25) is 4.79 Å². The fourth-order valence-electron chi connectivity index (χ4n) is 2.71. The molecular formula is C18H21FN2O. The molecule has 0 aromatic heterocycles. The first-order valence-electron chi connectivity index (χ1n) is 7.37. The number of benzene rings is 2. The largest absolute Gasteiger partial charge is 0.398 e. The third kappa shape index (κ3) is 3.85. The molecule has 22 heavy (non-hydrogen) atoms. The van der Waals surface area contributed by atoms with Crippen LogP contribution in [0.5, 0.6) is 0 Å². The van der Waals surface area contributed by atoms with Gasteiger partial charge in [-0.15, -0.1) is 0 Å². The van der Waals surface area contributed by atoms with Crippen molar-refractivity contribution in [3.05, 3.63) is 65.0 Å². The molecule has 2 rings (SSSR count). The van der Waals surface area contributed by atoms with Crippen molar-refractivity contribution < 1.29 is 9.18 Å². The van der Waals surface area contributed by atoms with Crippen molar-refractivity contribution in [3.8, 4) is 0 Å². The number of anilines is 1. The number of nitrogen functional groups attached to an aromatic ring is 1. The summed E-state index contributed by atoms with van der Waals surface area (Å²) in [6, 6.07) is 12.4. The zero-order valence-corrected chi connectivity index (χ0v) is 12.7. The van der Waals surface area contributed by atoms with Crippen molar-refractivity contribution in [2.45, 2.75) is 32.1 Å². The second kappa shape index (κ2) is 7.07. The Bertz CT molecular complexity index is 670. The van der Waals surface area contributed by atoms with Gasteiger partial charge in [0.05, 0.1) is 0 Å². The molecule has 3 nitrogen and oxygen atoms in total. The number of hydrogen-bond donors (Lipinski definition) is 2. The van der Waals surface area contributed by atoms with Gasteiger partial charge in [-0.2, -0.15) is 0 Å². The van der Waals surface area contributed by atoms with Crippen LogP contribution >= 0.6 is 0 Å². The molecule has 1 amide bonds. The molecule has 4 N–H and O–H groups in total. The Balaban J connectivity index is 2.39. The summed E-state index contributed by atoms with van der Waals surface area (Å²) in [5, 5.41) is 0. The lowest BCUT2D eigenvalue weighted by Gasteiger charge is -2.21. The number of aryl methyl sites for hydroxylation is 1. The molecule has 0 spiro atoms. The molecule has 1 atom stereocenters. The zero-order chi connectivity index (χ0) is 16.1. The summed E-state index contributed by atoms with van der Waals surface area (Å²) in [5.41, 5.74) is 14.5. The molecule has 0 saturated heterocycles. The van der Waals surface area contributed by atoms with Gasteiger partial charge in [-0.25, -0.2) is 4.39 Å². The van der Waals surface area contributed by atoms with E-state index in [1.807, 2.05) is 31.2 Å². The molecule has 0 fully saturated rings. The van der Waals surface area contributed by atoms with E-state index in [-0.39, 0.29) is 24.1 Å². The number of nitrogens with two attached hydrogens (primary N) is 2. The second-order valence-corrected chi connectivity index (χ2v) is 5.57. The summed E-state index contributed by atoms with van der Waals surface area (Å²) in [6.07, 6.45) is 1.51. The van der Waals surface area contributed by atoms with Gasteiger partial charge in [-0.05, 0) is 43.0 Å². The van der Waals surface area contributed by atoms with E-state index in [9.17, 15) is 9.18 Å². The first-order chi connectivity index (χ1) is 10.5. The predicted molar refractivity (Wildman–Crippen MR) is 86.9 cm³/mol. The summed E-state index contributed by atoms with van der Waals surface area (Å²) in [4.78, 5) is 11.0. The van der Waals surface area contributed by atoms with E-state index in [2.05, 4.69) is 0 Å². The van der Waals surface area contributed by atoms with Crippen molar-refractivity contribution in [3.63, 3.8) is 0 Å². The number of amides is 1. The van der Waals surface area contributed by atoms with Crippen LogP contribution < -0.4 is 11.5 Å². The highest BCUT2D eigenvalue weighted by molar-refractivity contribution is 5.73. The first kappa shape index (κ1) is 16.0. The van der Waals surface area contributed by atoms with Gasteiger partial charge < -0.3 is 11.5 Å². The summed E-state index contributed by atoms with van der Waals surface area (Å²) in [5.74, 6) is -0.780. The summed E-state index contributed by atoms with van der Waals surface area (Å²) >= 11 is 0. The number of primary amides is 1. The standard InChI is InChI=1S/C18H21FN2O/c1-12-9-10-17(20)15(11-12)13(6-4-8-18(21)22)14-5-2-3-7-16(14)19/h2-3,5,7,9-11,13H,4,6,8,20H2,1H3,(H2,21,22). The fraction of sp³-hybridized carbons (Fsp3) is 0.278. The van der Waals surface area contributed by atoms with Gasteiger partial charge >= 0.3 is 0 Å². The summed E-state index contributed by atoms with van der Waals surface area (Å²) < 4.78 is 14.2. The maximum Gasteiger partial charge on any atom is 0.217 e. The van der Waals surface area contributed by atoms with Crippen LogP contribution in [0.3, 0.4) is 0 Å². The van der Waals surface area contributed by atoms with Crippen molar-refractivity contribution in [1.82, 2.24) is 0 Å². The van der Waals surface area contributed by atoms with Crippen molar-refractivity contribution in [1.29, 1.82) is 0 Å². The highest BCUT2D eigenvalue weighted by Crippen LogP contribution is 2.35. The molecule has 0 saturated carbocycles. The Kier molecular flexibility index (Phi) is 5.15. The Morgan fingerprint density at radius 1 is 1.18 bits per heavy atom. The average molecular weight is 300 g/mol. The molecule has 0 aliphatic heterocycles. The predicted octanol–water partition coefficient (Wildman–Crippen LogP) is 3.50. The highest BCUT2D eigenvalue weighted by Gasteiger charge is 2.20. The highest BCUT2D eigenvalue weighted by atomic mass is 19.1. The van der Waals surface area contributed by atoms with Crippen LogP contribution in [0.4, 0.5) is 10.1 Å². The normalized spacial score (nSPS) is 12.1. The van der Waals surface area contributed by atoms with E-state index in [4.69, 9.17) is 11.5 Å². The van der Waals surface area contributed by atoms with Gasteiger partial charge in [-0.1, -0.05) is 35.9 Å². The lowest BCUT2D eigenvalue weighted by Crippen LogP contribution is -2.12. The van der Waals surface area contributed by atoms with Crippen LogP contribution in [0.2, 0.25) is 0 Å². The molecule has 0 bridgehead atoms. The molecular weight excluding hydrogens is 279 g/mol. The molecule has 0 radical (unpaired) electrons. The minimum Gasteiger partial charge on any atom is -0.398 e. The monoisotopic (exact) mass is 300 g/mol. The number of carbonyl (C=O) groups excluding carboxylic acids is 1. The first-order valence-corrected chi connectivity index (χ1v) is 7.37. The van der Waals surface area contributed by atoms with E-state index in [1.165, 1.54) is 6.07 Å². The van der Waals surface area contributed by atoms with E-state index >= 15 is 0 Å². The van der Waals surface area contributed by atoms with Crippen molar-refractivity contribution >= 4 is 11.6 Å². The average Bonchev–Trinajstić information content (AvgIpc) is 2.47. The summed E-state index contributed by atoms with van der Waals surface area (Å²) in [6.45, 7) is 1.98. The molecule has 4 heteroatoms. The number of halogens is 1. The second-order valence-electron chi connectivity index (χ2n) is 5.57. The fourth-order valence-corrected chi connectivity index (χ4v) is 2.71. The Morgan fingerprint density at radius 2 is 1.91 bits per heavy atom. The van der Waals surface area contributed by atoms with E-state index < -0.39 is 0 Å². The Labute approximate surface area is 130 Å². The summed E-state index contributed by atoms with van der Waals surface area (Å²) in [7, 11) is 0. The van der Waals surface area contributed by atoms with E-state index in [0.29, 0.717) is 24.1 Å². The third-order valence-electron chi connectivity index (χ3n) is 3.81. The minimum atomic E-state index is -0.343. The lowest BCUT2D eigenvalue weighted by atomic mass is 9.85. The van der Waals surface area contributed by atoms with Crippen molar-refractivity contribution in [2.75, 3.05) is 5.73 Å². The molecule has 0 heterocycles. The Hall–Kier alpha value is -2.36. The van der Waals surface area contributed by atoms with Crippen molar-refractivity contribution in [2.24, 2.45) is 5.73 Å². The van der Waals surface area contributed by atoms with Gasteiger partial charge in [0.2, 0.25) is 5.91 Å². The molecule has 1 unspecified atom stereocenters. The van der Waals surface area contributed by atoms with E-state index in [1.54, 1.807) is 12.1 Å². The van der Waals surface area contributed by atoms with Crippen LogP contribution in [0.25, 0.3) is 0 Å². The number of rotatable bonds is 6. The van der Waals surface area contributed by atoms with Gasteiger partial charge in [0.15, 0.2) is 0 Å².